The SMILES string of the molecule is Cc1nc(-c2c3nc(c(-c4nc(C)c(C)n4C)c4ccc([n-]4)c(-c4[nH]c(C)c(C)[n+]4C)c4nc(c(-c5nc(C)c(C)n5C)c5ccc2[n-]5)C=C4)C=C3)n(C)c1C.[Mn+2]. The second-order valence-corrected chi connectivity index (χ2v) is 15.1. The van der Waals surface area contributed by atoms with E-state index in [1.807, 2.05) is 41.9 Å². The quantitative estimate of drug-likeness (QED) is 0.145. The maximum Gasteiger partial charge on any atom is 2.00 e. The number of aromatic nitrogens is 12. The van der Waals surface area contributed by atoms with Gasteiger partial charge in [0.15, 0.2) is 0 Å². The molecule has 1 N–H and O–H groups in total. The van der Waals surface area contributed by atoms with Crippen LogP contribution in [0.25, 0.3) is 91.9 Å². The van der Waals surface area contributed by atoms with Gasteiger partial charge in [-0.3, -0.25) is 0 Å². The van der Waals surface area contributed by atoms with Gasteiger partial charge in [0, 0.05) is 68.8 Å². The van der Waals surface area contributed by atoms with Crippen LogP contribution in [0, 0.1) is 55.4 Å². The van der Waals surface area contributed by atoms with E-state index in [9.17, 15) is 0 Å². The summed E-state index contributed by atoms with van der Waals surface area (Å²) >= 11 is 0. The van der Waals surface area contributed by atoms with Gasteiger partial charge in [-0.15, -0.1) is 22.1 Å². The molecular weight excluding hydrogens is 752 g/mol. The van der Waals surface area contributed by atoms with E-state index in [0.29, 0.717) is 0 Å². The summed E-state index contributed by atoms with van der Waals surface area (Å²) in [6.45, 7) is 16.6. The van der Waals surface area contributed by atoms with E-state index in [1.165, 1.54) is 0 Å². The molecule has 9 rings (SSSR count). The van der Waals surface area contributed by atoms with Gasteiger partial charge in [0.1, 0.15) is 28.9 Å². The fourth-order valence-electron chi connectivity index (χ4n) is 7.84. The minimum absolute atomic E-state index is 0. The zero-order valence-electron chi connectivity index (χ0n) is 34.4. The van der Waals surface area contributed by atoms with Crippen LogP contribution in [-0.2, 0) is 45.3 Å². The first-order valence-electron chi connectivity index (χ1n) is 18.9. The second kappa shape index (κ2) is 13.6. The van der Waals surface area contributed by atoms with Crippen LogP contribution in [0.3, 0.4) is 0 Å². The Hall–Kier alpha value is -6.04. The zero-order valence-corrected chi connectivity index (χ0v) is 35.6. The summed E-state index contributed by atoms with van der Waals surface area (Å²) in [7, 11) is 8.22. The van der Waals surface area contributed by atoms with Crippen molar-refractivity contribution in [1.82, 2.24) is 53.6 Å². The number of aryl methyl sites for hydroxylation is 4. The normalized spacial score (nSPS) is 12.3. The van der Waals surface area contributed by atoms with Crippen LogP contribution >= 0.6 is 0 Å². The summed E-state index contributed by atoms with van der Waals surface area (Å²) in [5.41, 5.74) is 17.8. The molecule has 0 atom stereocenters. The molecule has 9 heterocycles. The Balaban J connectivity index is 0.00000455. The van der Waals surface area contributed by atoms with Crippen molar-refractivity contribution >= 4 is 46.4 Å². The predicted octanol–water partition coefficient (Wildman–Crippen LogP) is 7.40. The molecule has 0 unspecified atom stereocenters. The Kier molecular flexibility index (Phi) is 9.01. The largest absolute Gasteiger partial charge is 2.00 e. The van der Waals surface area contributed by atoms with Crippen LogP contribution in [0.5, 0.6) is 0 Å². The number of hydrogen-bond acceptors (Lipinski definition) is 5. The van der Waals surface area contributed by atoms with Gasteiger partial charge in [-0.05, 0) is 65.8 Å². The topological polar surface area (TPSA) is 127 Å². The Morgan fingerprint density at radius 3 is 1.09 bits per heavy atom. The molecule has 2 aliphatic rings. The van der Waals surface area contributed by atoms with Gasteiger partial charge in [-0.1, -0.05) is 24.3 Å². The van der Waals surface area contributed by atoms with E-state index in [-0.39, 0.29) is 17.1 Å². The first-order chi connectivity index (χ1) is 26.7. The van der Waals surface area contributed by atoms with Gasteiger partial charge in [-0.25, -0.2) is 34.5 Å². The van der Waals surface area contributed by atoms with Crippen LogP contribution in [0.1, 0.15) is 68.3 Å². The van der Waals surface area contributed by atoms with E-state index < -0.39 is 0 Å². The summed E-state index contributed by atoms with van der Waals surface area (Å²) in [6, 6.07) is 8.27. The fraction of sp³-hybridized carbons (Fsp3) is 0.273. The molecule has 7 aromatic heterocycles. The molecule has 0 saturated heterocycles. The molecule has 2 aliphatic heterocycles. The predicted molar refractivity (Wildman–Crippen MR) is 222 cm³/mol. The molecule has 287 valence electrons. The summed E-state index contributed by atoms with van der Waals surface area (Å²) in [4.78, 5) is 40.5. The minimum Gasteiger partial charge on any atom is -0.657 e. The number of nitrogens with zero attached hydrogens (tertiary/aromatic N) is 11. The fourth-order valence-corrected chi connectivity index (χ4v) is 7.84. The first kappa shape index (κ1) is 37.9. The molecule has 12 nitrogen and oxygen atoms in total. The molecule has 0 saturated carbocycles. The molecule has 0 fully saturated rings. The van der Waals surface area contributed by atoms with Crippen LogP contribution in [-0.4, -0.2) is 43.6 Å². The van der Waals surface area contributed by atoms with Crippen LogP contribution < -0.4 is 14.5 Å². The van der Waals surface area contributed by atoms with Crippen molar-refractivity contribution in [2.75, 3.05) is 0 Å². The van der Waals surface area contributed by atoms with Crippen LogP contribution in [0.4, 0.5) is 0 Å². The number of rotatable bonds is 4. The van der Waals surface area contributed by atoms with Crippen molar-refractivity contribution in [3.05, 3.63) is 92.6 Å². The monoisotopic (exact) mass is 796 g/mol. The molecule has 57 heavy (non-hydrogen) atoms. The maximum absolute atomic E-state index is 5.41. The smallest absolute Gasteiger partial charge is 0.657 e. The Bertz CT molecular complexity index is 2660. The van der Waals surface area contributed by atoms with Gasteiger partial charge in [0.25, 0.3) is 5.82 Å². The molecule has 0 aromatic carbocycles. The molecule has 0 spiro atoms. The van der Waals surface area contributed by atoms with E-state index in [2.05, 4.69) is 113 Å². The summed E-state index contributed by atoms with van der Waals surface area (Å²) in [6.07, 6.45) is 8.27. The van der Waals surface area contributed by atoms with Crippen LogP contribution in [0.15, 0.2) is 24.3 Å². The van der Waals surface area contributed by atoms with Gasteiger partial charge < -0.3 is 23.7 Å². The third kappa shape index (κ3) is 5.70. The second-order valence-electron chi connectivity index (χ2n) is 15.1. The maximum atomic E-state index is 5.41. The average Bonchev–Trinajstić information content (AvgIpc) is 4.07. The minimum atomic E-state index is 0. The summed E-state index contributed by atoms with van der Waals surface area (Å²) < 4.78 is 8.54. The average molecular weight is 797 g/mol. The Morgan fingerprint density at radius 1 is 0.491 bits per heavy atom. The third-order valence-electron chi connectivity index (χ3n) is 12.1. The number of aromatic amines is 1. The van der Waals surface area contributed by atoms with Crippen molar-refractivity contribution in [3.63, 3.8) is 0 Å². The first-order valence-corrected chi connectivity index (χ1v) is 18.9. The standard InChI is InChI=1S/C44H44N12.Mn/c1-21-25(5)53(9)41(45-21)37-29-13-15-31(49-29)38(42-46-22(2)26(6)54(42)10)33-17-19-35(51-33)40(44-48-24(4)28(8)56(44)12)36-20-18-34(52-36)39(32-16-14-30(37)50-32)43-47-23(3)27(7)55(43)11;/h13-20H,1-12H3;/q-2;+2/p+1. The number of fused-ring (bicyclic) bond motifs is 8. The van der Waals surface area contributed by atoms with Gasteiger partial charge >= 0.3 is 17.1 Å². The third-order valence-corrected chi connectivity index (χ3v) is 12.1. The number of imidazole rings is 4. The zero-order chi connectivity index (χ0) is 39.5. The van der Waals surface area contributed by atoms with Crippen molar-refractivity contribution in [1.29, 1.82) is 0 Å². The molecule has 7 aromatic rings. The summed E-state index contributed by atoms with van der Waals surface area (Å²) in [5, 5.41) is 0. The molecule has 0 amide bonds. The van der Waals surface area contributed by atoms with E-state index in [0.717, 1.165) is 136 Å². The molecular formula is C44H45MnN12+. The van der Waals surface area contributed by atoms with Crippen molar-refractivity contribution in [3.8, 4) is 45.6 Å². The molecule has 13 heteroatoms. The number of hydrogen-bond donors (Lipinski definition) is 1. The van der Waals surface area contributed by atoms with Crippen molar-refractivity contribution < 1.29 is 21.6 Å². The van der Waals surface area contributed by atoms with Crippen LogP contribution in [0.2, 0.25) is 0 Å². The molecule has 0 aliphatic carbocycles. The summed E-state index contributed by atoms with van der Waals surface area (Å²) in [5.74, 6) is 3.29. The molecule has 8 bridgehead atoms. The van der Waals surface area contributed by atoms with E-state index in [4.69, 9.17) is 34.9 Å². The number of nitrogens with one attached hydrogen (secondary N) is 1. The van der Waals surface area contributed by atoms with Gasteiger partial charge in [0.05, 0.1) is 52.5 Å². The van der Waals surface area contributed by atoms with Crippen molar-refractivity contribution in [2.45, 2.75) is 55.4 Å². The van der Waals surface area contributed by atoms with E-state index in [1.54, 1.807) is 0 Å². The Labute approximate surface area is 342 Å². The number of H-pyrrole nitrogens is 1. The van der Waals surface area contributed by atoms with Gasteiger partial charge in [0.2, 0.25) is 0 Å². The molecule has 1 radical (unpaired) electrons. The van der Waals surface area contributed by atoms with Gasteiger partial charge in [-0.2, -0.15) is 0 Å². The van der Waals surface area contributed by atoms with E-state index >= 15 is 0 Å². The van der Waals surface area contributed by atoms with Crippen molar-refractivity contribution in [2.24, 2.45) is 28.2 Å². The Morgan fingerprint density at radius 2 is 0.807 bits per heavy atom.